The van der Waals surface area contributed by atoms with Gasteiger partial charge in [-0.3, -0.25) is 9.36 Å². The zero-order valence-corrected chi connectivity index (χ0v) is 14.4. The summed E-state index contributed by atoms with van der Waals surface area (Å²) >= 11 is 1.46. The largest absolute Gasteiger partial charge is 0.378 e. The normalized spacial score (nSPS) is 16.6. The van der Waals surface area contributed by atoms with E-state index in [9.17, 15) is 4.79 Å². The Labute approximate surface area is 135 Å². The second-order valence-electron chi connectivity index (χ2n) is 5.18. The van der Waals surface area contributed by atoms with Crippen molar-refractivity contribution >= 4 is 23.6 Å². The fraction of sp³-hybridized carbons (Fsp3) is 0.786. The number of ether oxygens (including phenoxy) is 1. The molecule has 124 valence electrons. The number of aromatic nitrogens is 3. The summed E-state index contributed by atoms with van der Waals surface area (Å²) in [6.07, 6.45) is 0.940. The number of hydrogen-bond acceptors (Lipinski definition) is 6. The molecular weight excluding hydrogens is 302 g/mol. The van der Waals surface area contributed by atoms with Gasteiger partial charge in [-0.1, -0.05) is 18.7 Å². The standard InChI is InChI=1S/C14H25N5O2S/c1-4-6-15-12(20)11(3)22-14-17-16-13(19(14)5-2)18-7-9-21-10-8-18/h11H,4-10H2,1-3H3,(H,15,20). The first kappa shape index (κ1) is 17.1. The molecule has 0 bridgehead atoms. The van der Waals surface area contributed by atoms with Gasteiger partial charge < -0.3 is 15.0 Å². The molecule has 1 aromatic rings. The molecule has 2 rings (SSSR count). The molecule has 7 nitrogen and oxygen atoms in total. The van der Waals surface area contributed by atoms with Crippen molar-refractivity contribution in [1.82, 2.24) is 20.1 Å². The van der Waals surface area contributed by atoms with Crippen LogP contribution in [-0.4, -0.2) is 58.8 Å². The maximum Gasteiger partial charge on any atom is 0.233 e. The molecule has 1 saturated heterocycles. The SMILES string of the molecule is CCCNC(=O)C(C)Sc1nnc(N2CCOCC2)n1CC. The van der Waals surface area contributed by atoms with Gasteiger partial charge in [-0.05, 0) is 20.3 Å². The van der Waals surface area contributed by atoms with Crippen molar-refractivity contribution in [2.45, 2.75) is 44.1 Å². The van der Waals surface area contributed by atoms with Gasteiger partial charge in [-0.25, -0.2) is 0 Å². The number of thioether (sulfide) groups is 1. The highest BCUT2D eigenvalue weighted by molar-refractivity contribution is 8.00. The molecule has 1 amide bonds. The third-order valence-corrected chi connectivity index (χ3v) is 4.59. The predicted octanol–water partition coefficient (Wildman–Crippen LogP) is 1.14. The van der Waals surface area contributed by atoms with E-state index in [0.29, 0.717) is 6.54 Å². The lowest BCUT2D eigenvalue weighted by atomic mass is 10.4. The van der Waals surface area contributed by atoms with Gasteiger partial charge in [0.05, 0.1) is 18.5 Å². The van der Waals surface area contributed by atoms with Crippen LogP contribution in [0.5, 0.6) is 0 Å². The highest BCUT2D eigenvalue weighted by Gasteiger charge is 2.22. The van der Waals surface area contributed by atoms with E-state index in [-0.39, 0.29) is 11.2 Å². The van der Waals surface area contributed by atoms with E-state index in [1.165, 1.54) is 11.8 Å². The molecule has 1 N–H and O–H groups in total. The van der Waals surface area contributed by atoms with Crippen LogP contribution < -0.4 is 10.2 Å². The number of carbonyl (C=O) groups is 1. The lowest BCUT2D eigenvalue weighted by molar-refractivity contribution is -0.120. The molecule has 1 unspecified atom stereocenters. The molecule has 0 spiro atoms. The van der Waals surface area contributed by atoms with E-state index in [4.69, 9.17) is 4.74 Å². The summed E-state index contributed by atoms with van der Waals surface area (Å²) in [5.74, 6) is 0.917. The minimum absolute atomic E-state index is 0.0467. The van der Waals surface area contributed by atoms with E-state index in [0.717, 1.165) is 50.4 Å². The summed E-state index contributed by atoms with van der Waals surface area (Å²) in [5.41, 5.74) is 0. The van der Waals surface area contributed by atoms with Gasteiger partial charge in [0.2, 0.25) is 11.9 Å². The zero-order chi connectivity index (χ0) is 15.9. The van der Waals surface area contributed by atoms with Crippen molar-refractivity contribution in [3.8, 4) is 0 Å². The van der Waals surface area contributed by atoms with Crippen LogP contribution in [-0.2, 0) is 16.1 Å². The Balaban J connectivity index is 2.04. The Morgan fingerprint density at radius 2 is 2.09 bits per heavy atom. The third kappa shape index (κ3) is 4.13. The lowest BCUT2D eigenvalue weighted by Gasteiger charge is -2.27. The Kier molecular flexibility index (Phi) is 6.50. The van der Waals surface area contributed by atoms with Crippen molar-refractivity contribution < 1.29 is 9.53 Å². The van der Waals surface area contributed by atoms with Gasteiger partial charge in [-0.2, -0.15) is 0 Å². The van der Waals surface area contributed by atoms with Crippen LogP contribution in [0.3, 0.4) is 0 Å². The molecule has 0 aromatic carbocycles. The average Bonchev–Trinajstić information content (AvgIpc) is 2.95. The summed E-state index contributed by atoms with van der Waals surface area (Å²) in [6.45, 7) is 10.6. The van der Waals surface area contributed by atoms with Crippen molar-refractivity contribution in [2.75, 3.05) is 37.7 Å². The fourth-order valence-corrected chi connectivity index (χ4v) is 3.18. The lowest BCUT2D eigenvalue weighted by Crippen LogP contribution is -2.38. The minimum Gasteiger partial charge on any atom is -0.378 e. The van der Waals surface area contributed by atoms with E-state index >= 15 is 0 Å². The Morgan fingerprint density at radius 3 is 2.73 bits per heavy atom. The van der Waals surface area contributed by atoms with Crippen LogP contribution >= 0.6 is 11.8 Å². The van der Waals surface area contributed by atoms with Gasteiger partial charge in [0.15, 0.2) is 5.16 Å². The Hall–Kier alpha value is -1.28. The number of rotatable bonds is 7. The fourth-order valence-electron chi connectivity index (χ4n) is 2.25. The molecule has 8 heteroatoms. The summed E-state index contributed by atoms with van der Waals surface area (Å²) in [7, 11) is 0. The van der Waals surface area contributed by atoms with Crippen LogP contribution in [0.1, 0.15) is 27.2 Å². The quantitative estimate of drug-likeness (QED) is 0.757. The topological polar surface area (TPSA) is 72.3 Å². The molecule has 1 aliphatic rings. The van der Waals surface area contributed by atoms with E-state index in [2.05, 4.69) is 31.9 Å². The first-order valence-electron chi connectivity index (χ1n) is 7.87. The van der Waals surface area contributed by atoms with Crippen molar-refractivity contribution in [1.29, 1.82) is 0 Å². The average molecular weight is 327 g/mol. The summed E-state index contributed by atoms with van der Waals surface area (Å²) in [5, 5.41) is 12.1. The van der Waals surface area contributed by atoms with Crippen molar-refractivity contribution in [3.05, 3.63) is 0 Å². The van der Waals surface area contributed by atoms with E-state index < -0.39 is 0 Å². The van der Waals surface area contributed by atoms with Crippen LogP contribution in [0.2, 0.25) is 0 Å². The first-order valence-corrected chi connectivity index (χ1v) is 8.75. The summed E-state index contributed by atoms with van der Waals surface area (Å²) < 4.78 is 7.45. The number of hydrogen-bond donors (Lipinski definition) is 1. The molecule has 1 atom stereocenters. The Morgan fingerprint density at radius 1 is 1.36 bits per heavy atom. The monoisotopic (exact) mass is 327 g/mol. The highest BCUT2D eigenvalue weighted by Crippen LogP contribution is 2.26. The second-order valence-corrected chi connectivity index (χ2v) is 6.49. The minimum atomic E-state index is -0.182. The van der Waals surface area contributed by atoms with Crippen LogP contribution in [0.4, 0.5) is 5.95 Å². The van der Waals surface area contributed by atoms with Crippen LogP contribution in [0, 0.1) is 0 Å². The van der Waals surface area contributed by atoms with Gasteiger partial charge in [-0.15, -0.1) is 10.2 Å². The van der Waals surface area contributed by atoms with E-state index in [1.54, 1.807) is 0 Å². The molecule has 0 aliphatic carbocycles. The number of anilines is 1. The highest BCUT2D eigenvalue weighted by atomic mass is 32.2. The molecule has 22 heavy (non-hydrogen) atoms. The molecule has 1 aliphatic heterocycles. The summed E-state index contributed by atoms with van der Waals surface area (Å²) in [4.78, 5) is 14.2. The van der Waals surface area contributed by atoms with E-state index in [1.807, 2.05) is 13.8 Å². The molecule has 1 aromatic heterocycles. The summed E-state index contributed by atoms with van der Waals surface area (Å²) in [6, 6.07) is 0. The third-order valence-electron chi connectivity index (χ3n) is 3.51. The number of amides is 1. The predicted molar refractivity (Wildman–Crippen MR) is 87.3 cm³/mol. The number of nitrogens with zero attached hydrogens (tertiary/aromatic N) is 4. The van der Waals surface area contributed by atoms with Gasteiger partial charge >= 0.3 is 0 Å². The number of carbonyl (C=O) groups excluding carboxylic acids is 1. The Bertz CT molecular complexity index is 488. The maximum atomic E-state index is 12.0. The zero-order valence-electron chi connectivity index (χ0n) is 13.5. The maximum absolute atomic E-state index is 12.0. The van der Waals surface area contributed by atoms with Crippen LogP contribution in [0.15, 0.2) is 5.16 Å². The van der Waals surface area contributed by atoms with Gasteiger partial charge in [0.1, 0.15) is 0 Å². The molecule has 2 heterocycles. The van der Waals surface area contributed by atoms with Crippen molar-refractivity contribution in [2.24, 2.45) is 0 Å². The number of nitrogens with one attached hydrogen (secondary N) is 1. The van der Waals surface area contributed by atoms with Crippen LogP contribution in [0.25, 0.3) is 0 Å². The van der Waals surface area contributed by atoms with Crippen molar-refractivity contribution in [3.63, 3.8) is 0 Å². The molecule has 0 saturated carbocycles. The second kappa shape index (κ2) is 8.38. The van der Waals surface area contributed by atoms with Gasteiger partial charge in [0, 0.05) is 26.2 Å². The smallest absolute Gasteiger partial charge is 0.233 e. The van der Waals surface area contributed by atoms with Gasteiger partial charge in [0.25, 0.3) is 0 Å². The first-order chi connectivity index (χ1) is 10.7. The molecular formula is C14H25N5O2S. The molecule has 1 fully saturated rings. The molecule has 0 radical (unpaired) electrons. The number of morpholine rings is 1.